The molecule has 9 heteroatoms. The van der Waals surface area contributed by atoms with Crippen molar-refractivity contribution < 1.29 is 13.5 Å². The van der Waals surface area contributed by atoms with Crippen molar-refractivity contribution in [2.45, 2.75) is 37.7 Å². The summed E-state index contributed by atoms with van der Waals surface area (Å²) in [5.41, 5.74) is 1.89. The standard InChI is InChI=1S/C21H23ClF2N4OS/c1-14-16-13-25-20(22)12-17(16)28(26-14)18-11-15(5-6-19(18)29-21(23)24)30-10-9-27-7-3-2-4-8-27/h5-6,11-13,21H,2-4,7-10H2,1H3. The molecule has 0 spiro atoms. The van der Waals surface area contributed by atoms with Crippen molar-refractivity contribution in [2.24, 2.45) is 0 Å². The second kappa shape index (κ2) is 9.49. The van der Waals surface area contributed by atoms with Gasteiger partial charge in [-0.1, -0.05) is 18.0 Å². The van der Waals surface area contributed by atoms with Gasteiger partial charge in [-0.15, -0.1) is 11.8 Å². The molecule has 0 saturated carbocycles. The molecule has 4 rings (SSSR count). The van der Waals surface area contributed by atoms with Crippen LogP contribution in [0.25, 0.3) is 16.6 Å². The van der Waals surface area contributed by atoms with E-state index in [0.717, 1.165) is 41.4 Å². The molecule has 0 amide bonds. The molecule has 0 atom stereocenters. The van der Waals surface area contributed by atoms with E-state index in [9.17, 15) is 8.78 Å². The number of thioether (sulfide) groups is 1. The summed E-state index contributed by atoms with van der Waals surface area (Å²) in [4.78, 5) is 7.55. The van der Waals surface area contributed by atoms with Crippen LogP contribution in [0.15, 0.2) is 35.4 Å². The molecule has 0 N–H and O–H groups in total. The van der Waals surface area contributed by atoms with Gasteiger partial charge >= 0.3 is 6.61 Å². The van der Waals surface area contributed by atoms with Crippen molar-refractivity contribution in [3.63, 3.8) is 0 Å². The maximum atomic E-state index is 13.0. The van der Waals surface area contributed by atoms with Gasteiger partial charge in [-0.3, -0.25) is 0 Å². The van der Waals surface area contributed by atoms with Gasteiger partial charge in [-0.2, -0.15) is 13.9 Å². The Kier molecular flexibility index (Phi) is 6.75. The molecule has 160 valence electrons. The maximum Gasteiger partial charge on any atom is 0.387 e. The average molecular weight is 453 g/mol. The highest BCUT2D eigenvalue weighted by molar-refractivity contribution is 7.99. The van der Waals surface area contributed by atoms with E-state index >= 15 is 0 Å². The number of benzene rings is 1. The van der Waals surface area contributed by atoms with Gasteiger partial charge in [0.25, 0.3) is 0 Å². The van der Waals surface area contributed by atoms with E-state index in [0.29, 0.717) is 16.4 Å². The molecule has 1 aliphatic rings. The highest BCUT2D eigenvalue weighted by atomic mass is 35.5. The Morgan fingerprint density at radius 3 is 2.77 bits per heavy atom. The van der Waals surface area contributed by atoms with Crippen molar-refractivity contribution in [1.29, 1.82) is 0 Å². The number of fused-ring (bicyclic) bond motifs is 1. The summed E-state index contributed by atoms with van der Waals surface area (Å²) < 4.78 is 32.4. The lowest BCUT2D eigenvalue weighted by atomic mass is 10.1. The van der Waals surface area contributed by atoms with E-state index in [2.05, 4.69) is 15.0 Å². The number of halogens is 3. The molecule has 1 saturated heterocycles. The van der Waals surface area contributed by atoms with E-state index in [1.54, 1.807) is 34.8 Å². The summed E-state index contributed by atoms with van der Waals surface area (Å²) in [6.07, 6.45) is 5.48. The third-order valence-corrected chi connectivity index (χ3v) is 6.40. The Bertz CT molecular complexity index is 1020. The minimum absolute atomic E-state index is 0.0720. The molecule has 0 aliphatic carbocycles. The summed E-state index contributed by atoms with van der Waals surface area (Å²) in [6, 6.07) is 6.92. The maximum absolute atomic E-state index is 13.0. The highest BCUT2D eigenvalue weighted by Crippen LogP contribution is 2.33. The molecular formula is C21H23ClF2N4OS. The number of hydrogen-bond donors (Lipinski definition) is 0. The minimum Gasteiger partial charge on any atom is -0.433 e. The fraction of sp³-hybridized carbons (Fsp3) is 0.429. The number of hydrogen-bond acceptors (Lipinski definition) is 5. The molecule has 3 aromatic rings. The topological polar surface area (TPSA) is 43.2 Å². The molecule has 0 radical (unpaired) electrons. The lowest BCUT2D eigenvalue weighted by Crippen LogP contribution is -2.31. The number of aryl methyl sites for hydroxylation is 1. The van der Waals surface area contributed by atoms with Crippen molar-refractivity contribution in [3.05, 3.63) is 41.3 Å². The molecule has 0 unspecified atom stereocenters. The molecule has 2 aromatic heterocycles. The van der Waals surface area contributed by atoms with E-state index in [-0.39, 0.29) is 5.75 Å². The van der Waals surface area contributed by atoms with Crippen molar-refractivity contribution in [1.82, 2.24) is 19.7 Å². The molecule has 1 aromatic carbocycles. The van der Waals surface area contributed by atoms with Crippen LogP contribution in [-0.2, 0) is 0 Å². The van der Waals surface area contributed by atoms with Gasteiger partial charge in [0, 0.05) is 34.8 Å². The van der Waals surface area contributed by atoms with Crippen LogP contribution in [0, 0.1) is 6.92 Å². The van der Waals surface area contributed by atoms with E-state index in [1.165, 1.54) is 19.3 Å². The third-order valence-electron chi connectivity index (χ3n) is 5.22. The first-order chi connectivity index (χ1) is 14.5. The lowest BCUT2D eigenvalue weighted by molar-refractivity contribution is -0.0499. The van der Waals surface area contributed by atoms with Crippen LogP contribution >= 0.6 is 23.4 Å². The molecule has 1 fully saturated rings. The predicted octanol–water partition coefficient (Wildman–Crippen LogP) is 5.56. The molecule has 30 heavy (non-hydrogen) atoms. The molecule has 5 nitrogen and oxygen atoms in total. The fourth-order valence-corrected chi connectivity index (χ4v) is 4.84. The van der Waals surface area contributed by atoms with Gasteiger partial charge in [0.1, 0.15) is 10.8 Å². The largest absolute Gasteiger partial charge is 0.433 e. The van der Waals surface area contributed by atoms with Crippen LogP contribution in [0.4, 0.5) is 8.78 Å². The van der Waals surface area contributed by atoms with E-state index in [4.69, 9.17) is 16.3 Å². The van der Waals surface area contributed by atoms with Crippen LogP contribution in [-0.4, -0.2) is 51.7 Å². The molecular weight excluding hydrogens is 430 g/mol. The number of piperidine rings is 1. The summed E-state index contributed by atoms with van der Waals surface area (Å²) in [5.74, 6) is 1.01. The van der Waals surface area contributed by atoms with Crippen molar-refractivity contribution in [3.8, 4) is 11.4 Å². The summed E-state index contributed by atoms with van der Waals surface area (Å²) in [6.45, 7) is 2.25. The van der Waals surface area contributed by atoms with Crippen LogP contribution in [0.3, 0.4) is 0 Å². The Morgan fingerprint density at radius 1 is 1.20 bits per heavy atom. The summed E-state index contributed by atoms with van der Waals surface area (Å²) in [7, 11) is 0. The van der Waals surface area contributed by atoms with Gasteiger partial charge in [-0.25, -0.2) is 9.67 Å². The Balaban J connectivity index is 1.63. The number of alkyl halides is 2. The van der Waals surface area contributed by atoms with Gasteiger partial charge in [-0.05, 0) is 51.1 Å². The van der Waals surface area contributed by atoms with E-state index < -0.39 is 6.61 Å². The average Bonchev–Trinajstić information content (AvgIpc) is 3.05. The Labute approximate surface area is 183 Å². The molecule has 0 bridgehead atoms. The first kappa shape index (κ1) is 21.3. The number of nitrogens with zero attached hydrogens (tertiary/aromatic N) is 4. The second-order valence-electron chi connectivity index (χ2n) is 7.28. The lowest BCUT2D eigenvalue weighted by Gasteiger charge is -2.26. The Morgan fingerprint density at radius 2 is 2.00 bits per heavy atom. The normalized spacial score (nSPS) is 15.2. The number of rotatable bonds is 7. The quantitative estimate of drug-likeness (QED) is 0.346. The zero-order chi connectivity index (χ0) is 21.1. The number of ether oxygens (including phenoxy) is 1. The highest BCUT2D eigenvalue weighted by Gasteiger charge is 2.18. The third kappa shape index (κ3) is 4.87. The second-order valence-corrected chi connectivity index (χ2v) is 8.84. The van der Waals surface area contributed by atoms with Gasteiger partial charge in [0.2, 0.25) is 0 Å². The predicted molar refractivity (Wildman–Crippen MR) is 116 cm³/mol. The monoisotopic (exact) mass is 452 g/mol. The first-order valence-corrected chi connectivity index (χ1v) is 11.3. The van der Waals surface area contributed by atoms with Crippen LogP contribution in [0.1, 0.15) is 25.0 Å². The minimum atomic E-state index is -2.92. The van der Waals surface area contributed by atoms with Crippen LogP contribution < -0.4 is 4.74 Å². The van der Waals surface area contributed by atoms with Crippen LogP contribution in [0.2, 0.25) is 5.15 Å². The smallest absolute Gasteiger partial charge is 0.387 e. The van der Waals surface area contributed by atoms with Crippen molar-refractivity contribution >= 4 is 34.3 Å². The van der Waals surface area contributed by atoms with Gasteiger partial charge in [0.05, 0.1) is 11.2 Å². The summed E-state index contributed by atoms with van der Waals surface area (Å²) >= 11 is 7.77. The SMILES string of the molecule is Cc1nn(-c2cc(SCCN3CCCCC3)ccc2OC(F)F)c2cc(Cl)ncc12. The van der Waals surface area contributed by atoms with Gasteiger partial charge in [0.15, 0.2) is 5.75 Å². The number of likely N-dealkylation sites (tertiary alicyclic amines) is 1. The molecule has 3 heterocycles. The van der Waals surface area contributed by atoms with Crippen LogP contribution in [0.5, 0.6) is 5.75 Å². The fourth-order valence-electron chi connectivity index (χ4n) is 3.74. The zero-order valence-corrected chi connectivity index (χ0v) is 18.2. The number of pyridine rings is 1. The van der Waals surface area contributed by atoms with E-state index in [1.807, 2.05) is 19.1 Å². The Hall–Kier alpha value is -1.90. The van der Waals surface area contributed by atoms with Gasteiger partial charge < -0.3 is 9.64 Å². The zero-order valence-electron chi connectivity index (χ0n) is 16.7. The first-order valence-electron chi connectivity index (χ1n) is 9.96. The molecule has 1 aliphatic heterocycles. The number of aromatic nitrogens is 3. The summed E-state index contributed by atoms with van der Waals surface area (Å²) in [5, 5.41) is 5.66. The van der Waals surface area contributed by atoms with Crippen molar-refractivity contribution in [2.75, 3.05) is 25.4 Å².